The molecule has 5 heteroatoms. The number of amides is 2. The van der Waals surface area contributed by atoms with Crippen LogP contribution in [0.3, 0.4) is 0 Å². The lowest BCUT2D eigenvalue weighted by atomic mass is 9.95. The summed E-state index contributed by atoms with van der Waals surface area (Å²) < 4.78 is 0. The summed E-state index contributed by atoms with van der Waals surface area (Å²) >= 11 is 0. The maximum absolute atomic E-state index is 12.1. The summed E-state index contributed by atoms with van der Waals surface area (Å²) in [6.45, 7) is 4.02. The Morgan fingerprint density at radius 1 is 1.32 bits per heavy atom. The maximum atomic E-state index is 12.1. The van der Waals surface area contributed by atoms with Crippen molar-refractivity contribution in [1.82, 2.24) is 10.2 Å². The van der Waals surface area contributed by atoms with E-state index in [-0.39, 0.29) is 18.1 Å². The van der Waals surface area contributed by atoms with E-state index in [0.717, 1.165) is 32.1 Å². The predicted molar refractivity (Wildman–Crippen MR) is 74.0 cm³/mol. The lowest BCUT2D eigenvalue weighted by molar-refractivity contribution is -0.142. The maximum Gasteiger partial charge on any atom is 0.317 e. The van der Waals surface area contributed by atoms with Gasteiger partial charge in [0, 0.05) is 19.1 Å². The van der Waals surface area contributed by atoms with E-state index in [1.165, 1.54) is 0 Å². The van der Waals surface area contributed by atoms with Gasteiger partial charge in [-0.25, -0.2) is 4.79 Å². The highest BCUT2D eigenvalue weighted by molar-refractivity contribution is 5.77. The number of carbonyl (C=O) groups excluding carboxylic acids is 1. The molecule has 0 saturated heterocycles. The standard InChI is InChI=1S/C14H26N2O3/c1-4-10(2)16(3)14(19)15-12-9-7-5-6-8-11(12)13(17)18/h10-12H,4-9H2,1-3H3,(H,15,19)(H,17,18). The highest BCUT2D eigenvalue weighted by atomic mass is 16.4. The fourth-order valence-electron chi connectivity index (χ4n) is 2.51. The smallest absolute Gasteiger partial charge is 0.317 e. The first kappa shape index (κ1) is 15.8. The largest absolute Gasteiger partial charge is 0.481 e. The number of carbonyl (C=O) groups is 2. The molecule has 0 radical (unpaired) electrons. The Bertz CT molecular complexity index is 320. The Labute approximate surface area is 115 Å². The normalized spacial score (nSPS) is 25.2. The molecule has 1 aliphatic carbocycles. The third kappa shape index (κ3) is 4.40. The molecule has 19 heavy (non-hydrogen) atoms. The van der Waals surface area contributed by atoms with Crippen molar-refractivity contribution in [3.8, 4) is 0 Å². The number of hydrogen-bond acceptors (Lipinski definition) is 2. The van der Waals surface area contributed by atoms with Crippen molar-refractivity contribution in [3.05, 3.63) is 0 Å². The molecule has 0 bridgehead atoms. The summed E-state index contributed by atoms with van der Waals surface area (Å²) in [5.74, 6) is -1.24. The highest BCUT2D eigenvalue weighted by Gasteiger charge is 2.31. The van der Waals surface area contributed by atoms with Crippen molar-refractivity contribution in [3.63, 3.8) is 0 Å². The van der Waals surface area contributed by atoms with Crippen molar-refractivity contribution < 1.29 is 14.7 Å². The van der Waals surface area contributed by atoms with E-state index in [1.807, 2.05) is 13.8 Å². The Morgan fingerprint density at radius 3 is 2.53 bits per heavy atom. The van der Waals surface area contributed by atoms with Crippen LogP contribution in [-0.4, -0.2) is 41.1 Å². The molecule has 0 spiro atoms. The lowest BCUT2D eigenvalue weighted by Crippen LogP contribution is -2.49. The zero-order valence-electron chi connectivity index (χ0n) is 12.2. The second-order valence-electron chi connectivity index (χ2n) is 5.51. The van der Waals surface area contributed by atoms with Gasteiger partial charge in [0.1, 0.15) is 0 Å². The van der Waals surface area contributed by atoms with E-state index >= 15 is 0 Å². The molecule has 1 fully saturated rings. The van der Waals surface area contributed by atoms with E-state index < -0.39 is 11.9 Å². The Hall–Kier alpha value is -1.26. The molecule has 5 nitrogen and oxygen atoms in total. The highest BCUT2D eigenvalue weighted by Crippen LogP contribution is 2.24. The first-order valence-corrected chi connectivity index (χ1v) is 7.23. The number of hydrogen-bond donors (Lipinski definition) is 2. The second kappa shape index (κ2) is 7.36. The number of carboxylic acid groups (broad SMARTS) is 1. The molecule has 1 rings (SSSR count). The quantitative estimate of drug-likeness (QED) is 0.771. The number of rotatable bonds is 4. The molecule has 1 saturated carbocycles. The third-order valence-corrected chi connectivity index (χ3v) is 4.21. The van der Waals surface area contributed by atoms with Crippen LogP contribution < -0.4 is 5.32 Å². The Morgan fingerprint density at radius 2 is 1.95 bits per heavy atom. The van der Waals surface area contributed by atoms with Crippen LogP contribution in [0.1, 0.15) is 52.4 Å². The molecule has 110 valence electrons. The summed E-state index contributed by atoms with van der Waals surface area (Å²) in [4.78, 5) is 25.1. The van der Waals surface area contributed by atoms with E-state index in [9.17, 15) is 14.7 Å². The van der Waals surface area contributed by atoms with E-state index in [0.29, 0.717) is 6.42 Å². The van der Waals surface area contributed by atoms with Crippen LogP contribution in [0.15, 0.2) is 0 Å². The molecule has 1 aliphatic rings. The molecular weight excluding hydrogens is 244 g/mol. The van der Waals surface area contributed by atoms with Gasteiger partial charge in [-0.1, -0.05) is 26.2 Å². The van der Waals surface area contributed by atoms with Crippen LogP contribution in [-0.2, 0) is 4.79 Å². The minimum atomic E-state index is -0.793. The van der Waals surface area contributed by atoms with Crippen LogP contribution >= 0.6 is 0 Å². The van der Waals surface area contributed by atoms with Gasteiger partial charge in [0.05, 0.1) is 5.92 Å². The minimum Gasteiger partial charge on any atom is -0.481 e. The van der Waals surface area contributed by atoms with Gasteiger partial charge in [-0.3, -0.25) is 4.79 Å². The van der Waals surface area contributed by atoms with Crippen LogP contribution in [0, 0.1) is 5.92 Å². The molecule has 0 aromatic carbocycles. The summed E-state index contributed by atoms with van der Waals surface area (Å²) in [6, 6.07) is -0.236. The number of urea groups is 1. The zero-order chi connectivity index (χ0) is 14.4. The van der Waals surface area contributed by atoms with Crippen molar-refractivity contribution in [2.24, 2.45) is 5.92 Å². The van der Waals surface area contributed by atoms with Crippen LogP contribution in [0.25, 0.3) is 0 Å². The number of nitrogens with one attached hydrogen (secondary N) is 1. The Balaban J connectivity index is 2.65. The van der Waals surface area contributed by atoms with Crippen molar-refractivity contribution >= 4 is 12.0 Å². The monoisotopic (exact) mass is 270 g/mol. The van der Waals surface area contributed by atoms with Gasteiger partial charge in [-0.05, 0) is 26.2 Å². The minimum absolute atomic E-state index is 0.160. The summed E-state index contributed by atoms with van der Waals surface area (Å²) in [7, 11) is 1.76. The van der Waals surface area contributed by atoms with E-state index in [4.69, 9.17) is 0 Å². The molecule has 0 aromatic rings. The summed E-state index contributed by atoms with van der Waals surface area (Å²) in [5.41, 5.74) is 0. The molecule has 0 aliphatic heterocycles. The number of carboxylic acids is 1. The van der Waals surface area contributed by atoms with Gasteiger partial charge in [0.15, 0.2) is 0 Å². The third-order valence-electron chi connectivity index (χ3n) is 4.21. The molecule has 3 unspecified atom stereocenters. The topological polar surface area (TPSA) is 69.6 Å². The number of aliphatic carboxylic acids is 1. The molecule has 0 aromatic heterocycles. The zero-order valence-corrected chi connectivity index (χ0v) is 12.2. The molecular formula is C14H26N2O3. The van der Waals surface area contributed by atoms with Gasteiger partial charge in [0.2, 0.25) is 0 Å². The molecule has 2 N–H and O–H groups in total. The fraction of sp³-hybridized carbons (Fsp3) is 0.857. The molecule has 0 heterocycles. The predicted octanol–water partition coefficient (Wildman–Crippen LogP) is 2.46. The van der Waals surface area contributed by atoms with Crippen LogP contribution in [0.5, 0.6) is 0 Å². The van der Waals surface area contributed by atoms with E-state index in [2.05, 4.69) is 5.32 Å². The molecule has 2 amide bonds. The average Bonchev–Trinajstić information content (AvgIpc) is 2.62. The summed E-state index contributed by atoms with van der Waals surface area (Å²) in [6.07, 6.45) is 5.28. The van der Waals surface area contributed by atoms with Crippen molar-refractivity contribution in [1.29, 1.82) is 0 Å². The van der Waals surface area contributed by atoms with Crippen LogP contribution in [0.4, 0.5) is 4.79 Å². The van der Waals surface area contributed by atoms with Gasteiger partial charge in [-0.2, -0.15) is 0 Å². The average molecular weight is 270 g/mol. The van der Waals surface area contributed by atoms with Gasteiger partial charge in [-0.15, -0.1) is 0 Å². The Kier molecular flexibility index (Phi) is 6.12. The lowest BCUT2D eigenvalue weighted by Gasteiger charge is -2.29. The van der Waals surface area contributed by atoms with Gasteiger partial charge in [0.25, 0.3) is 0 Å². The first-order valence-electron chi connectivity index (χ1n) is 7.23. The first-order chi connectivity index (χ1) is 8.97. The van der Waals surface area contributed by atoms with Crippen LogP contribution in [0.2, 0.25) is 0 Å². The second-order valence-corrected chi connectivity index (χ2v) is 5.51. The number of nitrogens with zero attached hydrogens (tertiary/aromatic N) is 1. The van der Waals surface area contributed by atoms with Gasteiger partial charge >= 0.3 is 12.0 Å². The van der Waals surface area contributed by atoms with Gasteiger partial charge < -0.3 is 15.3 Å². The van der Waals surface area contributed by atoms with Crippen molar-refractivity contribution in [2.45, 2.75) is 64.5 Å². The van der Waals surface area contributed by atoms with Crippen molar-refractivity contribution in [2.75, 3.05) is 7.05 Å². The van der Waals surface area contributed by atoms with E-state index in [1.54, 1.807) is 11.9 Å². The summed E-state index contributed by atoms with van der Waals surface area (Å²) in [5, 5.41) is 12.2. The SMILES string of the molecule is CCC(C)N(C)C(=O)NC1CCCCCC1C(=O)O. The fourth-order valence-corrected chi connectivity index (χ4v) is 2.51. The molecule has 3 atom stereocenters.